The Hall–Kier alpha value is -3.16. The number of methoxy groups -OCH3 is 1. The van der Waals surface area contributed by atoms with E-state index < -0.39 is 0 Å². The molecule has 0 saturated carbocycles. The van der Waals surface area contributed by atoms with Crippen molar-refractivity contribution in [3.63, 3.8) is 0 Å². The Morgan fingerprint density at radius 1 is 1.03 bits per heavy atom. The summed E-state index contributed by atoms with van der Waals surface area (Å²) in [6.07, 6.45) is 8.16. The van der Waals surface area contributed by atoms with Gasteiger partial charge >= 0.3 is 0 Å². The normalized spacial score (nSPS) is 19.0. The summed E-state index contributed by atoms with van der Waals surface area (Å²) in [4.78, 5) is 40.3. The quantitative estimate of drug-likeness (QED) is 0.688. The van der Waals surface area contributed by atoms with Gasteiger partial charge in [-0.15, -0.1) is 0 Å². The number of benzene rings is 1. The monoisotopic (exact) mass is 437 g/mol. The average Bonchev–Trinajstić information content (AvgIpc) is 2.88. The smallest absolute Gasteiger partial charge is 0.227 e. The van der Waals surface area contributed by atoms with Gasteiger partial charge in [-0.05, 0) is 37.0 Å². The number of hydrogen-bond donors (Lipinski definition) is 0. The molecule has 2 saturated heterocycles. The van der Waals surface area contributed by atoms with E-state index in [1.54, 1.807) is 25.7 Å². The summed E-state index contributed by atoms with van der Waals surface area (Å²) >= 11 is 0. The molecule has 8 nitrogen and oxygen atoms in total. The highest BCUT2D eigenvalue weighted by Gasteiger charge is 2.32. The summed E-state index contributed by atoms with van der Waals surface area (Å²) in [7, 11) is 1.64. The van der Waals surface area contributed by atoms with E-state index >= 15 is 0 Å². The zero-order valence-corrected chi connectivity index (χ0v) is 18.7. The minimum atomic E-state index is -0.0249. The van der Waals surface area contributed by atoms with E-state index in [0.29, 0.717) is 45.6 Å². The fourth-order valence-electron chi connectivity index (χ4n) is 4.48. The Labute approximate surface area is 189 Å². The van der Waals surface area contributed by atoms with Gasteiger partial charge in [-0.25, -0.2) is 4.98 Å². The van der Waals surface area contributed by atoms with Gasteiger partial charge in [0, 0.05) is 58.1 Å². The maximum atomic E-state index is 13.1. The number of rotatable bonds is 6. The lowest BCUT2D eigenvalue weighted by Crippen LogP contribution is -2.53. The van der Waals surface area contributed by atoms with Crippen LogP contribution in [0.15, 0.2) is 42.9 Å². The Bertz CT molecular complexity index is 898. The molecule has 0 bridgehead atoms. The number of aryl methyl sites for hydroxylation is 1. The summed E-state index contributed by atoms with van der Waals surface area (Å²) in [5, 5.41) is 0. The maximum Gasteiger partial charge on any atom is 0.227 e. The molecule has 170 valence electrons. The third-order valence-electron chi connectivity index (χ3n) is 6.37. The lowest BCUT2D eigenvalue weighted by molar-refractivity contribution is -0.142. The largest absolute Gasteiger partial charge is 0.497 e. The van der Waals surface area contributed by atoms with Crippen LogP contribution >= 0.6 is 0 Å². The number of anilines is 1. The molecule has 2 fully saturated rings. The molecule has 2 aliphatic rings. The van der Waals surface area contributed by atoms with Gasteiger partial charge < -0.3 is 19.4 Å². The van der Waals surface area contributed by atoms with Crippen molar-refractivity contribution < 1.29 is 14.3 Å². The predicted octanol–water partition coefficient (Wildman–Crippen LogP) is 2.01. The second-order valence-electron chi connectivity index (χ2n) is 8.40. The highest BCUT2D eigenvalue weighted by molar-refractivity contribution is 5.81. The molecule has 1 aromatic heterocycles. The van der Waals surface area contributed by atoms with Crippen molar-refractivity contribution in [2.75, 3.05) is 51.3 Å². The minimum absolute atomic E-state index is 0.0249. The third kappa shape index (κ3) is 5.36. The van der Waals surface area contributed by atoms with E-state index in [9.17, 15) is 9.59 Å². The van der Waals surface area contributed by atoms with Gasteiger partial charge in [0.15, 0.2) is 0 Å². The number of carbonyl (C=O) groups is 2. The van der Waals surface area contributed by atoms with Gasteiger partial charge in [-0.1, -0.05) is 12.1 Å². The molecule has 4 rings (SSSR count). The van der Waals surface area contributed by atoms with E-state index in [1.165, 1.54) is 0 Å². The number of amides is 2. The van der Waals surface area contributed by atoms with Crippen molar-refractivity contribution in [1.82, 2.24) is 19.8 Å². The standard InChI is InChI=1S/C24H31N5O3/c1-32-21-7-4-19(5-8-21)6-9-23(30)27-13-15-28(16-14-27)24(31)20-3-2-12-29(18-20)22-17-25-10-11-26-22/h4-5,7-8,10-11,17,20H,2-3,6,9,12-16,18H2,1H3. The van der Waals surface area contributed by atoms with Crippen LogP contribution in [0, 0.1) is 5.92 Å². The number of hydrogen-bond acceptors (Lipinski definition) is 6. The highest BCUT2D eigenvalue weighted by atomic mass is 16.5. The van der Waals surface area contributed by atoms with E-state index in [0.717, 1.165) is 36.5 Å². The van der Waals surface area contributed by atoms with Crippen LogP contribution in [-0.4, -0.2) is 78.0 Å². The fourth-order valence-corrected chi connectivity index (χ4v) is 4.48. The van der Waals surface area contributed by atoms with Crippen molar-refractivity contribution in [2.45, 2.75) is 25.7 Å². The summed E-state index contributed by atoms with van der Waals surface area (Å²) < 4.78 is 5.18. The zero-order chi connectivity index (χ0) is 22.3. The molecule has 1 atom stereocenters. The first-order valence-corrected chi connectivity index (χ1v) is 11.3. The number of aromatic nitrogens is 2. The van der Waals surface area contributed by atoms with E-state index in [-0.39, 0.29) is 17.7 Å². The minimum Gasteiger partial charge on any atom is -0.497 e. The van der Waals surface area contributed by atoms with Gasteiger partial charge in [0.05, 0.1) is 19.2 Å². The molecule has 3 heterocycles. The van der Waals surface area contributed by atoms with Gasteiger partial charge in [0.2, 0.25) is 11.8 Å². The number of ether oxygens (including phenoxy) is 1. The Balaban J connectivity index is 1.23. The summed E-state index contributed by atoms with van der Waals surface area (Å²) in [5.41, 5.74) is 1.12. The molecule has 8 heteroatoms. The molecule has 0 spiro atoms. The number of carbonyl (C=O) groups excluding carboxylic acids is 2. The molecule has 1 aromatic carbocycles. The maximum absolute atomic E-state index is 13.1. The van der Waals surface area contributed by atoms with Crippen LogP contribution in [0.3, 0.4) is 0 Å². The summed E-state index contributed by atoms with van der Waals surface area (Å²) in [6.45, 7) is 4.00. The third-order valence-corrected chi connectivity index (χ3v) is 6.37. The van der Waals surface area contributed by atoms with Crippen molar-refractivity contribution >= 4 is 17.6 Å². The van der Waals surface area contributed by atoms with Crippen molar-refractivity contribution in [3.8, 4) is 5.75 Å². The molecule has 32 heavy (non-hydrogen) atoms. The summed E-state index contributed by atoms with van der Waals surface area (Å²) in [6, 6.07) is 7.83. The second kappa shape index (κ2) is 10.4. The Morgan fingerprint density at radius 3 is 2.47 bits per heavy atom. The van der Waals surface area contributed by atoms with E-state index in [1.807, 2.05) is 34.1 Å². The van der Waals surface area contributed by atoms with Crippen LogP contribution in [0.4, 0.5) is 5.82 Å². The highest BCUT2D eigenvalue weighted by Crippen LogP contribution is 2.23. The number of piperazine rings is 1. The van der Waals surface area contributed by atoms with Crippen LogP contribution in [0.5, 0.6) is 5.75 Å². The lowest BCUT2D eigenvalue weighted by atomic mass is 9.96. The lowest BCUT2D eigenvalue weighted by Gasteiger charge is -2.39. The molecule has 0 N–H and O–H groups in total. The molecular weight excluding hydrogens is 406 g/mol. The molecule has 2 aliphatic heterocycles. The summed E-state index contributed by atoms with van der Waals surface area (Å²) in [5.74, 6) is 1.97. The predicted molar refractivity (Wildman–Crippen MR) is 121 cm³/mol. The average molecular weight is 438 g/mol. The van der Waals surface area contributed by atoms with Crippen LogP contribution in [0.1, 0.15) is 24.8 Å². The SMILES string of the molecule is COc1ccc(CCC(=O)N2CCN(C(=O)C3CCCN(c4cnccn4)C3)CC2)cc1. The van der Waals surface area contributed by atoms with Crippen molar-refractivity contribution in [2.24, 2.45) is 5.92 Å². The molecule has 0 aliphatic carbocycles. The number of nitrogens with zero attached hydrogens (tertiary/aromatic N) is 5. The van der Waals surface area contributed by atoms with Crippen molar-refractivity contribution in [1.29, 1.82) is 0 Å². The molecule has 0 radical (unpaired) electrons. The van der Waals surface area contributed by atoms with Crippen LogP contribution < -0.4 is 9.64 Å². The zero-order valence-electron chi connectivity index (χ0n) is 18.7. The van der Waals surface area contributed by atoms with Crippen LogP contribution in [-0.2, 0) is 16.0 Å². The van der Waals surface area contributed by atoms with Crippen LogP contribution in [0.25, 0.3) is 0 Å². The molecular formula is C24H31N5O3. The molecule has 2 aromatic rings. The first kappa shape index (κ1) is 22.0. The van der Waals surface area contributed by atoms with E-state index in [2.05, 4.69) is 14.9 Å². The van der Waals surface area contributed by atoms with E-state index in [4.69, 9.17) is 4.74 Å². The fraction of sp³-hybridized carbons (Fsp3) is 0.500. The topological polar surface area (TPSA) is 78.9 Å². The first-order chi connectivity index (χ1) is 15.6. The van der Waals surface area contributed by atoms with Gasteiger partial charge in [0.1, 0.15) is 11.6 Å². The number of piperidine rings is 1. The van der Waals surface area contributed by atoms with Gasteiger partial charge in [0.25, 0.3) is 0 Å². The van der Waals surface area contributed by atoms with Crippen LogP contribution in [0.2, 0.25) is 0 Å². The molecule has 2 amide bonds. The van der Waals surface area contributed by atoms with Gasteiger partial charge in [-0.2, -0.15) is 0 Å². The Kier molecular flexibility index (Phi) is 7.19. The Morgan fingerprint density at radius 2 is 1.78 bits per heavy atom. The molecule has 1 unspecified atom stereocenters. The second-order valence-corrected chi connectivity index (χ2v) is 8.40. The first-order valence-electron chi connectivity index (χ1n) is 11.3. The van der Waals surface area contributed by atoms with Gasteiger partial charge in [-0.3, -0.25) is 14.6 Å². The van der Waals surface area contributed by atoms with Crippen molar-refractivity contribution in [3.05, 3.63) is 48.4 Å².